The average Bonchev–Trinajstić information content (AvgIpc) is 2.49. The highest BCUT2D eigenvalue weighted by atomic mass is 32.1. The molecule has 0 saturated carbocycles. The highest BCUT2D eigenvalue weighted by Gasteiger charge is 2.27. The Morgan fingerprint density at radius 3 is 2.65 bits per heavy atom. The Morgan fingerprint density at radius 1 is 1.35 bits per heavy atom. The Balaban J connectivity index is 2.15. The summed E-state index contributed by atoms with van der Waals surface area (Å²) in [5.41, 5.74) is 5.16. The lowest BCUT2D eigenvalue weighted by molar-refractivity contribution is -0.393. The second-order valence-electron chi connectivity index (χ2n) is 5.20. The maximum Gasteiger partial charge on any atom is 0.300 e. The minimum absolute atomic E-state index is 0.145. The van der Waals surface area contributed by atoms with Gasteiger partial charge in [0.2, 0.25) is 0 Å². The third-order valence-corrected chi connectivity index (χ3v) is 3.90. The van der Waals surface area contributed by atoms with E-state index in [4.69, 9.17) is 12.2 Å². The van der Waals surface area contributed by atoms with E-state index in [9.17, 15) is 20.2 Å². The molecular weight excluding hydrogens is 324 g/mol. The molecule has 10 nitrogen and oxygen atoms in total. The molecule has 0 aromatic heterocycles. The van der Waals surface area contributed by atoms with Gasteiger partial charge in [-0.15, -0.1) is 0 Å². The summed E-state index contributed by atoms with van der Waals surface area (Å²) in [4.78, 5) is 22.3. The summed E-state index contributed by atoms with van der Waals surface area (Å²) >= 11 is 5.19. The van der Waals surface area contributed by atoms with E-state index in [-0.39, 0.29) is 29.3 Å². The molecule has 1 fully saturated rings. The van der Waals surface area contributed by atoms with Gasteiger partial charge >= 0.3 is 5.69 Å². The first kappa shape index (κ1) is 16.8. The van der Waals surface area contributed by atoms with Gasteiger partial charge in [0.25, 0.3) is 5.69 Å². The van der Waals surface area contributed by atoms with Crippen LogP contribution in [0.15, 0.2) is 18.2 Å². The first-order chi connectivity index (χ1) is 10.8. The van der Waals surface area contributed by atoms with Crippen molar-refractivity contribution in [2.75, 3.05) is 12.5 Å². The molecule has 0 spiro atoms. The van der Waals surface area contributed by atoms with E-state index in [1.54, 1.807) is 11.9 Å². The smallest absolute Gasteiger partial charge is 0.300 e. The molecule has 2 rings (SSSR count). The van der Waals surface area contributed by atoms with E-state index in [1.807, 2.05) is 6.92 Å². The molecular formula is C12H16N6O4S. The van der Waals surface area contributed by atoms with Gasteiger partial charge in [0, 0.05) is 25.6 Å². The van der Waals surface area contributed by atoms with E-state index in [2.05, 4.69) is 16.2 Å². The number of benzene rings is 1. The minimum Gasteiger partial charge on any atom is -0.360 e. The van der Waals surface area contributed by atoms with Gasteiger partial charge in [0.05, 0.1) is 15.9 Å². The molecule has 1 aromatic rings. The monoisotopic (exact) mass is 340 g/mol. The van der Waals surface area contributed by atoms with Crippen LogP contribution in [0, 0.1) is 20.2 Å². The third-order valence-electron chi connectivity index (χ3n) is 3.50. The van der Waals surface area contributed by atoms with Gasteiger partial charge < -0.3 is 15.6 Å². The van der Waals surface area contributed by atoms with Gasteiger partial charge in [-0.3, -0.25) is 20.2 Å². The van der Waals surface area contributed by atoms with Gasteiger partial charge in [-0.05, 0) is 25.2 Å². The first-order valence-electron chi connectivity index (χ1n) is 6.77. The quantitative estimate of drug-likeness (QED) is 0.413. The molecule has 0 radical (unpaired) electrons. The molecule has 1 saturated heterocycles. The molecule has 2 unspecified atom stereocenters. The van der Waals surface area contributed by atoms with Crippen LogP contribution in [0.25, 0.3) is 0 Å². The standard InChI is InChI=1S/C12H16N6O4S/c1-7-5-11(16(2)12(23)13-7)15-14-9-4-3-8(17(19)20)6-10(9)18(21)22/h3-4,6-7,11,14-15H,5H2,1-2H3,(H,13,23). The van der Waals surface area contributed by atoms with Gasteiger partial charge in [-0.2, -0.15) is 0 Å². The Hall–Kier alpha value is -2.53. The van der Waals surface area contributed by atoms with Crippen molar-refractivity contribution in [3.05, 3.63) is 38.4 Å². The molecule has 0 aliphatic carbocycles. The largest absolute Gasteiger partial charge is 0.360 e. The van der Waals surface area contributed by atoms with Crippen molar-refractivity contribution in [3.63, 3.8) is 0 Å². The fourth-order valence-electron chi connectivity index (χ4n) is 2.21. The summed E-state index contributed by atoms with van der Waals surface area (Å²) in [5, 5.41) is 25.5. The van der Waals surface area contributed by atoms with Crippen molar-refractivity contribution in [1.82, 2.24) is 15.6 Å². The molecule has 1 aliphatic heterocycles. The molecule has 2 atom stereocenters. The van der Waals surface area contributed by atoms with Crippen LogP contribution in [0.2, 0.25) is 0 Å². The fraction of sp³-hybridized carbons (Fsp3) is 0.417. The predicted octanol–water partition coefficient (Wildman–Crippen LogP) is 1.34. The van der Waals surface area contributed by atoms with Crippen LogP contribution in [-0.4, -0.2) is 39.1 Å². The van der Waals surface area contributed by atoms with Gasteiger partial charge in [-0.25, -0.2) is 5.43 Å². The normalized spacial score (nSPS) is 20.8. The van der Waals surface area contributed by atoms with Crippen LogP contribution in [0.3, 0.4) is 0 Å². The highest BCUT2D eigenvalue weighted by molar-refractivity contribution is 7.80. The van der Waals surface area contributed by atoms with Crippen LogP contribution >= 0.6 is 12.2 Å². The number of anilines is 1. The van der Waals surface area contributed by atoms with Gasteiger partial charge in [0.1, 0.15) is 11.9 Å². The number of nitro groups is 2. The summed E-state index contributed by atoms with van der Waals surface area (Å²) in [6.45, 7) is 1.97. The number of hydrogen-bond acceptors (Lipinski definition) is 7. The fourth-order valence-corrected chi connectivity index (χ4v) is 2.54. The number of nitrogens with zero attached hydrogens (tertiary/aromatic N) is 3. The van der Waals surface area contributed by atoms with Crippen molar-refractivity contribution in [2.24, 2.45) is 0 Å². The molecule has 1 aliphatic rings. The maximum atomic E-state index is 11.1. The number of thiocarbonyl (C=S) groups is 1. The van der Waals surface area contributed by atoms with Crippen LogP contribution in [0.5, 0.6) is 0 Å². The van der Waals surface area contributed by atoms with Gasteiger partial charge in [0.15, 0.2) is 5.11 Å². The molecule has 0 amide bonds. The highest BCUT2D eigenvalue weighted by Crippen LogP contribution is 2.28. The van der Waals surface area contributed by atoms with Crippen molar-refractivity contribution >= 4 is 34.4 Å². The predicted molar refractivity (Wildman–Crippen MR) is 87.9 cm³/mol. The van der Waals surface area contributed by atoms with E-state index >= 15 is 0 Å². The summed E-state index contributed by atoms with van der Waals surface area (Å²) in [7, 11) is 1.80. The number of hydrazine groups is 1. The van der Waals surface area contributed by atoms with E-state index in [1.165, 1.54) is 12.1 Å². The molecule has 3 N–H and O–H groups in total. The number of non-ortho nitro benzene ring substituents is 1. The van der Waals surface area contributed by atoms with Gasteiger partial charge in [-0.1, -0.05) is 0 Å². The van der Waals surface area contributed by atoms with Crippen LogP contribution in [0.1, 0.15) is 13.3 Å². The van der Waals surface area contributed by atoms with Crippen LogP contribution < -0.4 is 16.2 Å². The van der Waals surface area contributed by atoms with E-state index in [0.717, 1.165) is 6.07 Å². The zero-order chi connectivity index (χ0) is 17.1. The third kappa shape index (κ3) is 3.81. The van der Waals surface area contributed by atoms with Crippen molar-refractivity contribution < 1.29 is 9.85 Å². The second-order valence-corrected chi connectivity index (χ2v) is 5.58. The maximum absolute atomic E-state index is 11.1. The van der Waals surface area contributed by atoms with Crippen LogP contribution in [-0.2, 0) is 0 Å². The number of nitro benzene ring substituents is 2. The summed E-state index contributed by atoms with van der Waals surface area (Å²) in [6.07, 6.45) is 0.540. The SMILES string of the molecule is CC1CC(NNc2ccc([N+](=O)[O-])cc2[N+](=O)[O-])N(C)C(=S)N1. The zero-order valence-electron chi connectivity index (χ0n) is 12.5. The lowest BCUT2D eigenvalue weighted by atomic mass is 10.1. The van der Waals surface area contributed by atoms with E-state index in [0.29, 0.717) is 11.5 Å². The summed E-state index contributed by atoms with van der Waals surface area (Å²) in [6, 6.07) is 3.58. The molecule has 1 heterocycles. The van der Waals surface area contributed by atoms with Crippen LogP contribution in [0.4, 0.5) is 17.1 Å². The Labute approximate surface area is 137 Å². The molecule has 23 heavy (non-hydrogen) atoms. The van der Waals surface area contributed by atoms with Crippen molar-refractivity contribution in [2.45, 2.75) is 25.6 Å². The Morgan fingerprint density at radius 2 is 2.04 bits per heavy atom. The zero-order valence-corrected chi connectivity index (χ0v) is 13.3. The first-order valence-corrected chi connectivity index (χ1v) is 7.18. The summed E-state index contributed by atoms with van der Waals surface area (Å²) < 4.78 is 0. The van der Waals surface area contributed by atoms with E-state index < -0.39 is 9.85 Å². The second kappa shape index (κ2) is 6.71. The molecule has 0 bridgehead atoms. The number of rotatable bonds is 5. The molecule has 1 aromatic carbocycles. The summed E-state index contributed by atoms with van der Waals surface area (Å²) in [5.74, 6) is 0. The molecule has 124 valence electrons. The lowest BCUT2D eigenvalue weighted by Gasteiger charge is -2.39. The average molecular weight is 340 g/mol. The topological polar surface area (TPSA) is 126 Å². The van der Waals surface area contributed by atoms with Crippen molar-refractivity contribution in [1.29, 1.82) is 0 Å². The molecule has 11 heteroatoms. The van der Waals surface area contributed by atoms with Crippen molar-refractivity contribution in [3.8, 4) is 0 Å². The number of hydrogen-bond donors (Lipinski definition) is 3. The number of nitrogens with one attached hydrogen (secondary N) is 3. The minimum atomic E-state index is -0.676. The lowest BCUT2D eigenvalue weighted by Crippen LogP contribution is -2.59. The Bertz CT molecular complexity index is 654. The Kier molecular flexibility index (Phi) is 4.91.